The number of benzene rings is 3. The predicted molar refractivity (Wildman–Crippen MR) is 175 cm³/mol. The SMILES string of the molecule is CCOC(=O)C1=C(C)NC(=O)N[C@H]1c1ccc(OCC(=O)N/N=C\c2cc(Br)c(OCc3ccc(C)cc3)c(Br)c2)c(OC)c1. The van der Waals surface area contributed by atoms with Crippen LogP contribution in [0.15, 0.2) is 79.9 Å². The quantitative estimate of drug-likeness (QED) is 0.121. The first-order valence-electron chi connectivity index (χ1n) is 13.8. The summed E-state index contributed by atoms with van der Waals surface area (Å²) in [4.78, 5) is 37.2. The zero-order valence-corrected chi connectivity index (χ0v) is 28.2. The van der Waals surface area contributed by atoms with Crippen molar-refractivity contribution in [1.82, 2.24) is 16.1 Å². The molecule has 1 aliphatic heterocycles. The number of nitrogens with zero attached hydrogens (tertiary/aromatic N) is 1. The molecule has 0 aromatic heterocycles. The lowest BCUT2D eigenvalue weighted by atomic mass is 9.95. The van der Waals surface area contributed by atoms with Gasteiger partial charge in [0, 0.05) is 5.70 Å². The molecule has 4 rings (SSSR count). The summed E-state index contributed by atoms with van der Waals surface area (Å²) in [6.07, 6.45) is 1.50. The lowest BCUT2D eigenvalue weighted by molar-refractivity contribution is -0.139. The summed E-state index contributed by atoms with van der Waals surface area (Å²) in [6.45, 7) is 5.62. The molecular formula is C32H32Br2N4O7. The molecule has 11 nitrogen and oxygen atoms in total. The van der Waals surface area contributed by atoms with Crippen LogP contribution in [0.4, 0.5) is 4.79 Å². The minimum absolute atomic E-state index is 0.184. The summed E-state index contributed by atoms with van der Waals surface area (Å²) >= 11 is 7.07. The molecule has 13 heteroatoms. The van der Waals surface area contributed by atoms with Gasteiger partial charge in [-0.1, -0.05) is 35.9 Å². The van der Waals surface area contributed by atoms with Crippen molar-refractivity contribution < 1.29 is 33.3 Å². The first-order chi connectivity index (χ1) is 21.6. The second-order valence-electron chi connectivity index (χ2n) is 9.87. The maximum absolute atomic E-state index is 12.6. The number of hydrogen-bond acceptors (Lipinski definition) is 8. The second-order valence-corrected chi connectivity index (χ2v) is 11.6. The molecule has 0 saturated heterocycles. The Morgan fingerprint density at radius 1 is 1.00 bits per heavy atom. The van der Waals surface area contributed by atoms with Gasteiger partial charge in [0.2, 0.25) is 0 Å². The van der Waals surface area contributed by atoms with E-state index in [0.717, 1.165) is 14.5 Å². The smallest absolute Gasteiger partial charge is 0.338 e. The van der Waals surface area contributed by atoms with E-state index in [-0.39, 0.29) is 24.5 Å². The number of carbonyl (C=O) groups excluding carboxylic acids is 3. The van der Waals surface area contributed by atoms with E-state index in [1.807, 2.05) is 43.3 Å². The first kappa shape index (κ1) is 33.5. The Labute approximate surface area is 277 Å². The maximum Gasteiger partial charge on any atom is 0.338 e. The molecule has 3 N–H and O–H groups in total. The number of aryl methyl sites for hydroxylation is 1. The van der Waals surface area contributed by atoms with Crippen LogP contribution < -0.4 is 30.3 Å². The van der Waals surface area contributed by atoms with Crippen LogP contribution in [-0.4, -0.2) is 44.4 Å². The number of esters is 1. The summed E-state index contributed by atoms with van der Waals surface area (Å²) in [7, 11) is 1.44. The summed E-state index contributed by atoms with van der Waals surface area (Å²) in [5.41, 5.74) is 6.61. The highest BCUT2D eigenvalue weighted by atomic mass is 79.9. The molecule has 3 aromatic rings. The van der Waals surface area contributed by atoms with Crippen LogP contribution in [0, 0.1) is 6.92 Å². The zero-order valence-electron chi connectivity index (χ0n) is 25.0. The highest BCUT2D eigenvalue weighted by Gasteiger charge is 2.32. The Morgan fingerprint density at radius 3 is 2.38 bits per heavy atom. The van der Waals surface area contributed by atoms with Crippen molar-refractivity contribution in [2.24, 2.45) is 5.10 Å². The van der Waals surface area contributed by atoms with Crippen LogP contribution in [0.5, 0.6) is 17.2 Å². The fraction of sp³-hybridized carbons (Fsp3) is 0.250. The van der Waals surface area contributed by atoms with Crippen LogP contribution in [0.25, 0.3) is 0 Å². The Bertz CT molecular complexity index is 1620. The fourth-order valence-electron chi connectivity index (χ4n) is 4.39. The molecule has 1 atom stereocenters. The van der Waals surface area contributed by atoms with Crippen LogP contribution in [0.3, 0.4) is 0 Å². The van der Waals surface area contributed by atoms with E-state index >= 15 is 0 Å². The predicted octanol–water partition coefficient (Wildman–Crippen LogP) is 5.83. The van der Waals surface area contributed by atoms with E-state index in [1.165, 1.54) is 18.9 Å². The van der Waals surface area contributed by atoms with Crippen molar-refractivity contribution in [3.05, 3.63) is 97.1 Å². The third-order valence-corrected chi connectivity index (χ3v) is 7.75. The lowest BCUT2D eigenvalue weighted by Crippen LogP contribution is -2.45. The molecule has 236 valence electrons. The van der Waals surface area contributed by atoms with Gasteiger partial charge in [-0.25, -0.2) is 15.0 Å². The maximum atomic E-state index is 12.6. The van der Waals surface area contributed by atoms with E-state index in [2.05, 4.69) is 53.0 Å². The van der Waals surface area contributed by atoms with Gasteiger partial charge in [0.15, 0.2) is 18.1 Å². The molecule has 3 amide bonds. The number of ether oxygens (including phenoxy) is 4. The average Bonchev–Trinajstić information content (AvgIpc) is 3.00. The number of hydrogen-bond donors (Lipinski definition) is 3. The van der Waals surface area contributed by atoms with E-state index in [1.54, 1.807) is 32.0 Å². The van der Waals surface area contributed by atoms with Crippen LogP contribution >= 0.6 is 31.9 Å². The number of amides is 3. The highest BCUT2D eigenvalue weighted by Crippen LogP contribution is 2.36. The standard InChI is InChI=1S/C32H32Br2N4O7/c1-5-43-31(40)28-19(3)36-32(41)37-29(28)22-10-11-25(26(14-22)42-4)44-17-27(39)38-35-15-21-12-23(33)30(24(34)13-21)45-16-20-8-6-18(2)7-9-20/h6-15,29H,5,16-17H2,1-4H3,(H,38,39)(H2,36,37,41)/b35-15-/t29-/m0/s1. The van der Waals surface area contributed by atoms with Gasteiger partial charge < -0.3 is 29.6 Å². The molecule has 1 aliphatic rings. The van der Waals surface area contributed by atoms with Crippen molar-refractivity contribution in [2.45, 2.75) is 33.4 Å². The molecule has 0 saturated carbocycles. The summed E-state index contributed by atoms with van der Waals surface area (Å²) in [5.74, 6) is 0.189. The minimum atomic E-state index is -0.771. The zero-order chi connectivity index (χ0) is 32.5. The number of halogens is 2. The molecule has 0 spiro atoms. The second kappa shape index (κ2) is 15.6. The molecule has 0 unspecified atom stereocenters. The normalized spacial score (nSPS) is 14.4. The third-order valence-electron chi connectivity index (χ3n) is 6.57. The average molecular weight is 744 g/mol. The first-order valence-corrected chi connectivity index (χ1v) is 15.4. The molecule has 0 radical (unpaired) electrons. The molecule has 1 heterocycles. The largest absolute Gasteiger partial charge is 0.493 e. The van der Waals surface area contributed by atoms with Gasteiger partial charge in [-0.3, -0.25) is 4.79 Å². The van der Waals surface area contributed by atoms with Gasteiger partial charge in [-0.2, -0.15) is 5.10 Å². The Hall–Kier alpha value is -4.36. The van der Waals surface area contributed by atoms with E-state index in [4.69, 9.17) is 18.9 Å². The van der Waals surface area contributed by atoms with Crippen molar-refractivity contribution in [3.63, 3.8) is 0 Å². The lowest BCUT2D eigenvalue weighted by Gasteiger charge is -2.28. The van der Waals surface area contributed by atoms with E-state index in [0.29, 0.717) is 34.9 Å². The Morgan fingerprint density at radius 2 is 1.71 bits per heavy atom. The van der Waals surface area contributed by atoms with Gasteiger partial charge in [0.25, 0.3) is 5.91 Å². The van der Waals surface area contributed by atoms with Crippen molar-refractivity contribution in [3.8, 4) is 17.2 Å². The number of urea groups is 1. The third kappa shape index (κ3) is 8.85. The fourth-order valence-corrected chi connectivity index (χ4v) is 5.84. The number of allylic oxidation sites excluding steroid dienone is 1. The van der Waals surface area contributed by atoms with Gasteiger partial charge in [0.05, 0.1) is 40.5 Å². The molecule has 3 aromatic carbocycles. The Kier molecular flexibility index (Phi) is 11.6. The Balaban J connectivity index is 1.35. The molecular weight excluding hydrogens is 712 g/mol. The minimum Gasteiger partial charge on any atom is -0.493 e. The number of carbonyl (C=O) groups is 3. The molecule has 45 heavy (non-hydrogen) atoms. The number of rotatable bonds is 12. The number of hydrazone groups is 1. The van der Waals surface area contributed by atoms with Gasteiger partial charge in [-0.05, 0) is 93.6 Å². The number of nitrogens with one attached hydrogen (secondary N) is 3. The van der Waals surface area contributed by atoms with Crippen molar-refractivity contribution in [1.29, 1.82) is 0 Å². The topological polar surface area (TPSA) is 137 Å². The van der Waals surface area contributed by atoms with Gasteiger partial charge in [0.1, 0.15) is 12.4 Å². The van der Waals surface area contributed by atoms with Gasteiger partial charge in [-0.15, -0.1) is 0 Å². The molecule has 0 bridgehead atoms. The van der Waals surface area contributed by atoms with E-state index < -0.39 is 23.9 Å². The van der Waals surface area contributed by atoms with Crippen LogP contribution in [0.2, 0.25) is 0 Å². The van der Waals surface area contributed by atoms with Crippen molar-refractivity contribution in [2.75, 3.05) is 20.3 Å². The summed E-state index contributed by atoms with van der Waals surface area (Å²) < 4.78 is 23.7. The van der Waals surface area contributed by atoms with Gasteiger partial charge >= 0.3 is 12.0 Å². The highest BCUT2D eigenvalue weighted by molar-refractivity contribution is 9.11. The van der Waals surface area contributed by atoms with Crippen molar-refractivity contribution >= 4 is 56.0 Å². The monoisotopic (exact) mass is 742 g/mol. The summed E-state index contributed by atoms with van der Waals surface area (Å²) in [6, 6.07) is 15.4. The summed E-state index contributed by atoms with van der Waals surface area (Å²) in [5, 5.41) is 9.36. The molecule has 0 aliphatic carbocycles. The molecule has 0 fully saturated rings. The van der Waals surface area contributed by atoms with Crippen LogP contribution in [-0.2, 0) is 20.9 Å². The number of methoxy groups -OCH3 is 1. The van der Waals surface area contributed by atoms with Crippen LogP contribution in [0.1, 0.15) is 42.1 Å². The van der Waals surface area contributed by atoms with E-state index in [9.17, 15) is 14.4 Å².